The molecular formula is C29H26N2O5. The lowest BCUT2D eigenvalue weighted by atomic mass is 9.93. The zero-order chi connectivity index (χ0) is 25.4. The van der Waals surface area contributed by atoms with Crippen LogP contribution >= 0.6 is 0 Å². The minimum atomic E-state index is -0.847. The summed E-state index contributed by atoms with van der Waals surface area (Å²) in [5.74, 6) is -0.508. The molecule has 1 fully saturated rings. The Kier molecular flexibility index (Phi) is 5.98. The molecule has 36 heavy (non-hydrogen) atoms. The first kappa shape index (κ1) is 23.2. The third-order valence-corrected chi connectivity index (χ3v) is 6.43. The number of ether oxygens (including phenoxy) is 2. The zero-order valence-corrected chi connectivity index (χ0v) is 20.2. The highest BCUT2D eigenvalue weighted by molar-refractivity contribution is 6.52. The molecule has 2 N–H and O–H groups in total. The fraction of sp³-hybridized carbons (Fsp3) is 0.172. The highest BCUT2D eigenvalue weighted by Crippen LogP contribution is 2.46. The Morgan fingerprint density at radius 3 is 2.47 bits per heavy atom. The fourth-order valence-electron chi connectivity index (χ4n) is 4.81. The number of ketones is 1. The lowest BCUT2D eigenvalue weighted by Crippen LogP contribution is -2.29. The quantitative estimate of drug-likeness (QED) is 0.215. The predicted octanol–water partition coefficient (Wildman–Crippen LogP) is 5.51. The summed E-state index contributed by atoms with van der Waals surface area (Å²) in [6.07, 6.45) is 0. The van der Waals surface area contributed by atoms with Crippen molar-refractivity contribution in [1.82, 2.24) is 4.98 Å². The van der Waals surface area contributed by atoms with Gasteiger partial charge in [-0.1, -0.05) is 24.3 Å². The van der Waals surface area contributed by atoms with E-state index in [0.717, 1.165) is 22.2 Å². The van der Waals surface area contributed by atoms with Gasteiger partial charge in [0.25, 0.3) is 11.7 Å². The van der Waals surface area contributed by atoms with E-state index in [4.69, 9.17) is 9.47 Å². The second-order valence-electron chi connectivity index (χ2n) is 8.54. The number of carbonyl (C=O) groups excluding carboxylic acids is 2. The molecule has 7 nitrogen and oxygen atoms in total. The molecule has 0 radical (unpaired) electrons. The number of amides is 1. The molecule has 0 bridgehead atoms. The van der Waals surface area contributed by atoms with E-state index in [0.29, 0.717) is 29.4 Å². The van der Waals surface area contributed by atoms with Gasteiger partial charge in [-0.25, -0.2) is 0 Å². The predicted molar refractivity (Wildman–Crippen MR) is 138 cm³/mol. The van der Waals surface area contributed by atoms with Crippen LogP contribution in [-0.2, 0) is 9.59 Å². The number of aromatic amines is 1. The Labute approximate surface area is 208 Å². The molecular weight excluding hydrogens is 456 g/mol. The maximum absolute atomic E-state index is 13.5. The van der Waals surface area contributed by atoms with Crippen LogP contribution in [0, 0.1) is 6.92 Å². The Hall–Kier alpha value is -4.52. The highest BCUT2D eigenvalue weighted by atomic mass is 16.5. The van der Waals surface area contributed by atoms with E-state index in [1.54, 1.807) is 55.6 Å². The maximum atomic E-state index is 13.5. The minimum Gasteiger partial charge on any atom is -0.507 e. The van der Waals surface area contributed by atoms with E-state index in [-0.39, 0.29) is 11.3 Å². The number of carbonyl (C=O) groups is 2. The van der Waals surface area contributed by atoms with Crippen LogP contribution in [0.15, 0.2) is 78.4 Å². The molecule has 1 amide bonds. The number of Topliss-reactive ketones (excluding diaryl/α,β-unsaturated/α-hetero) is 1. The van der Waals surface area contributed by atoms with Crippen molar-refractivity contribution in [3.63, 3.8) is 0 Å². The first-order valence-electron chi connectivity index (χ1n) is 11.7. The van der Waals surface area contributed by atoms with Crippen molar-refractivity contribution < 1.29 is 24.2 Å². The number of hydrogen-bond donors (Lipinski definition) is 2. The van der Waals surface area contributed by atoms with Gasteiger partial charge < -0.3 is 19.6 Å². The van der Waals surface area contributed by atoms with Crippen molar-refractivity contribution in [2.24, 2.45) is 0 Å². The monoisotopic (exact) mass is 482 g/mol. The zero-order valence-electron chi connectivity index (χ0n) is 20.2. The molecule has 4 aromatic rings. The average molecular weight is 483 g/mol. The number of nitrogens with one attached hydrogen (secondary N) is 1. The molecule has 1 atom stereocenters. The van der Waals surface area contributed by atoms with Gasteiger partial charge in [-0.15, -0.1) is 0 Å². The molecule has 5 rings (SSSR count). The van der Waals surface area contributed by atoms with Crippen molar-refractivity contribution in [3.05, 3.63) is 95.2 Å². The summed E-state index contributed by atoms with van der Waals surface area (Å²) in [5, 5.41) is 12.3. The third kappa shape index (κ3) is 3.79. The first-order chi connectivity index (χ1) is 17.4. The van der Waals surface area contributed by atoms with Crippen LogP contribution in [0.5, 0.6) is 11.5 Å². The minimum absolute atomic E-state index is 0.0276. The number of methoxy groups -OCH3 is 1. The Morgan fingerprint density at radius 2 is 1.75 bits per heavy atom. The number of para-hydroxylation sites is 1. The number of nitrogens with zero attached hydrogens (tertiary/aromatic N) is 1. The number of benzene rings is 3. The molecule has 1 unspecified atom stereocenters. The fourth-order valence-corrected chi connectivity index (χ4v) is 4.81. The SMILES string of the molecule is CCOc1ccc(/C(O)=C2\C(=O)C(=O)N(c3cccc(OC)c3)C2c2c(C)[nH]c3ccccc23)cc1. The largest absolute Gasteiger partial charge is 0.507 e. The van der Waals surface area contributed by atoms with Crippen LogP contribution in [0.3, 0.4) is 0 Å². The second kappa shape index (κ2) is 9.26. The number of H-pyrrole nitrogens is 1. The number of aliphatic hydroxyl groups excluding tert-OH is 1. The van der Waals surface area contributed by atoms with Gasteiger partial charge in [-0.2, -0.15) is 0 Å². The maximum Gasteiger partial charge on any atom is 0.300 e. The van der Waals surface area contributed by atoms with Gasteiger partial charge in [0.15, 0.2) is 0 Å². The summed E-state index contributed by atoms with van der Waals surface area (Å²) in [7, 11) is 1.54. The standard InChI is InChI=1S/C29H26N2O5/c1-4-36-20-14-12-18(13-15-20)27(32)25-26(24-17(2)30-23-11-6-5-10-22(23)24)31(29(34)28(25)33)19-8-7-9-21(16-19)35-3/h5-16,26,30,32H,4H2,1-3H3/b27-25+. The summed E-state index contributed by atoms with van der Waals surface area (Å²) in [6.45, 7) is 4.30. The molecule has 0 aliphatic carbocycles. The summed E-state index contributed by atoms with van der Waals surface area (Å²) in [4.78, 5) is 31.8. The van der Waals surface area contributed by atoms with Gasteiger partial charge >= 0.3 is 0 Å². The van der Waals surface area contributed by atoms with Crippen LogP contribution in [0.1, 0.15) is 29.8 Å². The van der Waals surface area contributed by atoms with Gasteiger partial charge in [0.05, 0.1) is 25.3 Å². The molecule has 1 saturated heterocycles. The van der Waals surface area contributed by atoms with Crippen molar-refractivity contribution >= 4 is 34.0 Å². The lowest BCUT2D eigenvalue weighted by molar-refractivity contribution is -0.132. The molecule has 1 aliphatic rings. The number of fused-ring (bicyclic) bond motifs is 1. The normalized spacial score (nSPS) is 17.1. The number of aryl methyl sites for hydroxylation is 1. The van der Waals surface area contributed by atoms with E-state index < -0.39 is 17.7 Å². The van der Waals surface area contributed by atoms with Crippen molar-refractivity contribution in [2.75, 3.05) is 18.6 Å². The molecule has 1 aromatic heterocycles. The van der Waals surface area contributed by atoms with Gasteiger partial charge in [0.1, 0.15) is 17.3 Å². The Bertz CT molecular complexity index is 1500. The summed E-state index contributed by atoms with van der Waals surface area (Å²) in [6, 6.07) is 20.7. The number of aliphatic hydroxyl groups is 1. The first-order valence-corrected chi connectivity index (χ1v) is 11.7. The van der Waals surface area contributed by atoms with E-state index in [2.05, 4.69) is 4.98 Å². The number of aromatic nitrogens is 1. The van der Waals surface area contributed by atoms with Crippen LogP contribution in [0.4, 0.5) is 5.69 Å². The summed E-state index contributed by atoms with van der Waals surface area (Å²) < 4.78 is 10.9. The van der Waals surface area contributed by atoms with E-state index >= 15 is 0 Å². The van der Waals surface area contributed by atoms with Gasteiger partial charge in [-0.05, 0) is 56.3 Å². The molecule has 7 heteroatoms. The summed E-state index contributed by atoms with van der Waals surface area (Å²) in [5.41, 5.74) is 3.37. The molecule has 182 valence electrons. The molecule has 0 saturated carbocycles. The van der Waals surface area contributed by atoms with E-state index in [9.17, 15) is 14.7 Å². The van der Waals surface area contributed by atoms with E-state index in [1.807, 2.05) is 38.1 Å². The second-order valence-corrected chi connectivity index (χ2v) is 8.54. The number of hydrogen-bond acceptors (Lipinski definition) is 5. The average Bonchev–Trinajstić information content (AvgIpc) is 3.36. The van der Waals surface area contributed by atoms with Crippen molar-refractivity contribution in [2.45, 2.75) is 19.9 Å². The number of rotatable bonds is 6. The van der Waals surface area contributed by atoms with Gasteiger partial charge in [-0.3, -0.25) is 14.5 Å². The van der Waals surface area contributed by atoms with Crippen LogP contribution in [0.2, 0.25) is 0 Å². The van der Waals surface area contributed by atoms with Gasteiger partial charge in [0.2, 0.25) is 0 Å². The summed E-state index contributed by atoms with van der Waals surface area (Å²) >= 11 is 0. The van der Waals surface area contributed by atoms with E-state index in [1.165, 1.54) is 4.90 Å². The van der Waals surface area contributed by atoms with Crippen LogP contribution < -0.4 is 14.4 Å². The van der Waals surface area contributed by atoms with Crippen molar-refractivity contribution in [1.29, 1.82) is 0 Å². The topological polar surface area (TPSA) is 91.9 Å². The number of anilines is 1. The highest BCUT2D eigenvalue weighted by Gasteiger charge is 2.48. The Balaban J connectivity index is 1.76. The smallest absolute Gasteiger partial charge is 0.300 e. The Morgan fingerprint density at radius 1 is 1.00 bits per heavy atom. The van der Waals surface area contributed by atoms with Crippen molar-refractivity contribution in [3.8, 4) is 11.5 Å². The van der Waals surface area contributed by atoms with Gasteiger partial charge in [0, 0.05) is 39.5 Å². The molecule has 1 aliphatic heterocycles. The molecule has 3 aromatic carbocycles. The third-order valence-electron chi connectivity index (χ3n) is 6.43. The van der Waals surface area contributed by atoms with Crippen LogP contribution in [-0.4, -0.2) is 35.5 Å². The lowest BCUT2D eigenvalue weighted by Gasteiger charge is -2.26. The molecule has 2 heterocycles. The molecule has 0 spiro atoms. The van der Waals surface area contributed by atoms with Crippen LogP contribution in [0.25, 0.3) is 16.7 Å².